The lowest BCUT2D eigenvalue weighted by atomic mass is 10.2. The van der Waals surface area contributed by atoms with Crippen molar-refractivity contribution in [1.29, 1.82) is 0 Å². The van der Waals surface area contributed by atoms with Gasteiger partial charge in [-0.25, -0.2) is 4.79 Å². The standard InChI is InChI=1S/C14H13Cl2N3O/c1-8-2-3-9(17)6-13(8)19-14(20)18-10-4-5-11(15)12(16)7-10/h2-7H,17H2,1H3,(H2,18,19,20). The summed E-state index contributed by atoms with van der Waals surface area (Å²) in [5.41, 5.74) is 8.40. The fraction of sp³-hybridized carbons (Fsp3) is 0.0714. The number of rotatable bonds is 2. The Kier molecular flexibility index (Phi) is 4.37. The molecule has 0 spiro atoms. The van der Waals surface area contributed by atoms with Gasteiger partial charge >= 0.3 is 6.03 Å². The van der Waals surface area contributed by atoms with Gasteiger partial charge in [0.2, 0.25) is 0 Å². The molecule has 0 aliphatic rings. The molecule has 0 radical (unpaired) electrons. The van der Waals surface area contributed by atoms with Crippen LogP contribution in [0.2, 0.25) is 10.0 Å². The number of hydrogen-bond donors (Lipinski definition) is 3. The van der Waals surface area contributed by atoms with Crippen molar-refractivity contribution < 1.29 is 4.79 Å². The minimum atomic E-state index is -0.378. The van der Waals surface area contributed by atoms with E-state index in [0.717, 1.165) is 5.56 Å². The summed E-state index contributed by atoms with van der Waals surface area (Å²) in [6.45, 7) is 1.88. The molecule has 0 aromatic heterocycles. The summed E-state index contributed by atoms with van der Waals surface area (Å²) in [6.07, 6.45) is 0. The van der Waals surface area contributed by atoms with Crippen molar-refractivity contribution in [3.63, 3.8) is 0 Å². The summed E-state index contributed by atoms with van der Waals surface area (Å²) in [4.78, 5) is 11.9. The highest BCUT2D eigenvalue weighted by atomic mass is 35.5. The molecule has 0 saturated heterocycles. The molecule has 2 amide bonds. The highest BCUT2D eigenvalue weighted by Crippen LogP contribution is 2.25. The average molecular weight is 310 g/mol. The third-order valence-electron chi connectivity index (χ3n) is 2.69. The molecule has 2 rings (SSSR count). The van der Waals surface area contributed by atoms with Crippen LogP contribution in [0.4, 0.5) is 21.9 Å². The zero-order valence-corrected chi connectivity index (χ0v) is 12.2. The minimum absolute atomic E-state index is 0.378. The number of carbonyl (C=O) groups is 1. The number of nitrogens with one attached hydrogen (secondary N) is 2. The molecule has 0 saturated carbocycles. The van der Waals surface area contributed by atoms with E-state index >= 15 is 0 Å². The number of nitrogen functional groups attached to an aromatic ring is 1. The SMILES string of the molecule is Cc1ccc(N)cc1NC(=O)Nc1ccc(Cl)c(Cl)c1. The number of carbonyl (C=O) groups excluding carboxylic acids is 1. The Balaban J connectivity index is 2.09. The molecule has 0 aliphatic heterocycles. The molecule has 0 fully saturated rings. The minimum Gasteiger partial charge on any atom is -0.399 e. The lowest BCUT2D eigenvalue weighted by Gasteiger charge is -2.11. The topological polar surface area (TPSA) is 67.1 Å². The first-order chi connectivity index (χ1) is 9.45. The zero-order chi connectivity index (χ0) is 14.7. The molecular formula is C14H13Cl2N3O. The quantitative estimate of drug-likeness (QED) is 0.713. The third-order valence-corrected chi connectivity index (χ3v) is 3.43. The van der Waals surface area contributed by atoms with E-state index in [1.54, 1.807) is 30.3 Å². The van der Waals surface area contributed by atoms with Crippen LogP contribution in [0.5, 0.6) is 0 Å². The van der Waals surface area contributed by atoms with E-state index in [1.165, 1.54) is 0 Å². The van der Waals surface area contributed by atoms with Crippen molar-refractivity contribution in [2.24, 2.45) is 0 Å². The molecule has 0 atom stereocenters. The first-order valence-corrected chi connectivity index (χ1v) is 6.60. The zero-order valence-electron chi connectivity index (χ0n) is 10.7. The summed E-state index contributed by atoms with van der Waals surface area (Å²) < 4.78 is 0. The van der Waals surface area contributed by atoms with E-state index in [0.29, 0.717) is 27.1 Å². The second kappa shape index (κ2) is 6.03. The third kappa shape index (κ3) is 3.56. The van der Waals surface area contributed by atoms with Crippen LogP contribution in [0.25, 0.3) is 0 Å². The fourth-order valence-corrected chi connectivity index (χ4v) is 1.93. The Labute approximate surface area is 126 Å². The Morgan fingerprint density at radius 3 is 2.50 bits per heavy atom. The molecule has 6 heteroatoms. The summed E-state index contributed by atoms with van der Waals surface area (Å²) in [5.74, 6) is 0. The van der Waals surface area contributed by atoms with Crippen LogP contribution in [-0.4, -0.2) is 6.03 Å². The first-order valence-electron chi connectivity index (χ1n) is 5.85. The highest BCUT2D eigenvalue weighted by Gasteiger charge is 2.06. The molecule has 0 heterocycles. The maximum atomic E-state index is 11.9. The smallest absolute Gasteiger partial charge is 0.323 e. The number of aryl methyl sites for hydroxylation is 1. The van der Waals surface area contributed by atoms with Crippen LogP contribution in [0.15, 0.2) is 36.4 Å². The summed E-state index contributed by atoms with van der Waals surface area (Å²) in [6, 6.07) is 9.80. The normalized spacial score (nSPS) is 10.2. The van der Waals surface area contributed by atoms with E-state index in [9.17, 15) is 4.79 Å². The van der Waals surface area contributed by atoms with Gasteiger partial charge in [-0.05, 0) is 42.8 Å². The molecule has 4 nitrogen and oxygen atoms in total. The van der Waals surface area contributed by atoms with Crippen LogP contribution in [0, 0.1) is 6.92 Å². The van der Waals surface area contributed by atoms with Gasteiger partial charge in [0.25, 0.3) is 0 Å². The van der Waals surface area contributed by atoms with Crippen molar-refractivity contribution in [1.82, 2.24) is 0 Å². The second-order valence-corrected chi connectivity index (χ2v) is 5.10. The second-order valence-electron chi connectivity index (χ2n) is 4.28. The van der Waals surface area contributed by atoms with Gasteiger partial charge in [0.05, 0.1) is 10.0 Å². The first kappa shape index (κ1) is 14.5. The van der Waals surface area contributed by atoms with Crippen LogP contribution in [-0.2, 0) is 0 Å². The van der Waals surface area contributed by atoms with Gasteiger partial charge < -0.3 is 16.4 Å². The van der Waals surface area contributed by atoms with E-state index in [-0.39, 0.29) is 6.03 Å². The van der Waals surface area contributed by atoms with Crippen LogP contribution < -0.4 is 16.4 Å². The largest absolute Gasteiger partial charge is 0.399 e. The highest BCUT2D eigenvalue weighted by molar-refractivity contribution is 6.42. The van der Waals surface area contributed by atoms with E-state index < -0.39 is 0 Å². The van der Waals surface area contributed by atoms with E-state index in [4.69, 9.17) is 28.9 Å². The number of urea groups is 1. The molecule has 20 heavy (non-hydrogen) atoms. The van der Waals surface area contributed by atoms with Gasteiger partial charge in [0.15, 0.2) is 0 Å². The van der Waals surface area contributed by atoms with Crippen molar-refractivity contribution in [3.05, 3.63) is 52.0 Å². The van der Waals surface area contributed by atoms with E-state index in [2.05, 4.69) is 10.6 Å². The van der Waals surface area contributed by atoms with Gasteiger partial charge in [-0.2, -0.15) is 0 Å². The fourth-order valence-electron chi connectivity index (χ4n) is 1.63. The van der Waals surface area contributed by atoms with Crippen molar-refractivity contribution in [2.45, 2.75) is 6.92 Å². The maximum absolute atomic E-state index is 11.9. The molecule has 2 aromatic carbocycles. The summed E-state index contributed by atoms with van der Waals surface area (Å²) in [7, 11) is 0. The predicted molar refractivity (Wildman–Crippen MR) is 84.7 cm³/mol. The number of halogens is 2. The molecule has 0 aliphatic carbocycles. The van der Waals surface area contributed by atoms with Gasteiger partial charge in [0, 0.05) is 17.1 Å². The van der Waals surface area contributed by atoms with Gasteiger partial charge in [-0.15, -0.1) is 0 Å². The lowest BCUT2D eigenvalue weighted by Crippen LogP contribution is -2.20. The predicted octanol–water partition coefficient (Wildman–Crippen LogP) is 4.53. The number of hydrogen-bond acceptors (Lipinski definition) is 2. The number of nitrogens with two attached hydrogens (primary N) is 1. The van der Waals surface area contributed by atoms with Crippen molar-refractivity contribution in [2.75, 3.05) is 16.4 Å². The maximum Gasteiger partial charge on any atom is 0.323 e. The lowest BCUT2D eigenvalue weighted by molar-refractivity contribution is 0.262. The molecule has 0 bridgehead atoms. The van der Waals surface area contributed by atoms with Crippen LogP contribution in [0.1, 0.15) is 5.56 Å². The Bertz CT molecular complexity index is 659. The summed E-state index contributed by atoms with van der Waals surface area (Å²) >= 11 is 11.7. The van der Waals surface area contributed by atoms with Crippen LogP contribution in [0.3, 0.4) is 0 Å². The van der Waals surface area contributed by atoms with Gasteiger partial charge in [-0.1, -0.05) is 29.3 Å². The monoisotopic (exact) mass is 309 g/mol. The molecular weight excluding hydrogens is 297 g/mol. The number of benzene rings is 2. The Morgan fingerprint density at radius 1 is 1.05 bits per heavy atom. The number of anilines is 3. The molecule has 0 unspecified atom stereocenters. The van der Waals surface area contributed by atoms with Crippen molar-refractivity contribution >= 4 is 46.3 Å². The Morgan fingerprint density at radius 2 is 1.80 bits per heavy atom. The molecule has 104 valence electrons. The summed E-state index contributed by atoms with van der Waals surface area (Å²) in [5, 5.41) is 6.21. The van der Waals surface area contributed by atoms with Crippen molar-refractivity contribution in [3.8, 4) is 0 Å². The average Bonchev–Trinajstić information content (AvgIpc) is 2.38. The molecule has 2 aromatic rings. The molecule has 4 N–H and O–H groups in total. The van der Waals surface area contributed by atoms with E-state index in [1.807, 2.05) is 13.0 Å². The number of amides is 2. The van der Waals surface area contributed by atoms with Gasteiger partial charge in [-0.3, -0.25) is 0 Å². The van der Waals surface area contributed by atoms with Gasteiger partial charge in [0.1, 0.15) is 0 Å². The van der Waals surface area contributed by atoms with Crippen LogP contribution >= 0.6 is 23.2 Å². The Hall–Kier alpha value is -1.91.